The molecule has 1 amide bonds. The van der Waals surface area contributed by atoms with Gasteiger partial charge in [0.2, 0.25) is 5.91 Å². The first-order chi connectivity index (χ1) is 10.2. The average molecular weight is 300 g/mol. The van der Waals surface area contributed by atoms with Gasteiger partial charge in [0.1, 0.15) is 12.6 Å². The molecule has 6 heteroatoms. The van der Waals surface area contributed by atoms with Crippen molar-refractivity contribution in [3.05, 3.63) is 28.5 Å². The van der Waals surface area contributed by atoms with Gasteiger partial charge in [0.05, 0.1) is 16.6 Å². The van der Waals surface area contributed by atoms with Gasteiger partial charge < -0.3 is 14.5 Å². The number of nitriles is 1. The molecule has 1 aromatic heterocycles. The molecule has 0 atom stereocenters. The molecule has 2 heterocycles. The highest BCUT2D eigenvalue weighted by Crippen LogP contribution is 2.18. The van der Waals surface area contributed by atoms with Crippen LogP contribution in [0.5, 0.6) is 0 Å². The third-order valence-electron chi connectivity index (χ3n) is 3.93. The van der Waals surface area contributed by atoms with Gasteiger partial charge >= 0.3 is 0 Å². The van der Waals surface area contributed by atoms with Crippen molar-refractivity contribution < 1.29 is 4.79 Å². The fraction of sp³-hybridized carbons (Fsp3) is 0.400. The minimum Gasteiger partial charge on any atom is -0.341 e. The lowest BCUT2D eigenvalue weighted by atomic mass is 10.1. The molecule has 0 spiro atoms. The Morgan fingerprint density at radius 3 is 2.81 bits per heavy atom. The van der Waals surface area contributed by atoms with Crippen molar-refractivity contribution in [1.29, 1.82) is 5.26 Å². The lowest BCUT2D eigenvalue weighted by Gasteiger charge is -2.26. The molecule has 1 aliphatic heterocycles. The van der Waals surface area contributed by atoms with Gasteiger partial charge in [-0.25, -0.2) is 0 Å². The monoisotopic (exact) mass is 300 g/mol. The SMILES string of the molecule is N#Cc1cccc2c1[nH]c(=S)n2CC(=O)N1CCCCC1. The standard InChI is InChI=1S/C15H16N4OS/c16-9-11-5-4-6-12-14(11)17-15(21)19(12)10-13(20)18-7-2-1-3-8-18/h4-6H,1-3,7-8,10H2,(H,17,21). The maximum Gasteiger partial charge on any atom is 0.242 e. The second-order valence-corrected chi connectivity index (χ2v) is 5.66. The smallest absolute Gasteiger partial charge is 0.242 e. The maximum absolute atomic E-state index is 12.4. The third kappa shape index (κ3) is 2.57. The predicted molar refractivity (Wildman–Crippen MR) is 82.3 cm³/mol. The maximum atomic E-state index is 12.4. The molecule has 2 aromatic rings. The molecule has 21 heavy (non-hydrogen) atoms. The van der Waals surface area contributed by atoms with Gasteiger partial charge in [0.15, 0.2) is 4.77 Å². The van der Waals surface area contributed by atoms with E-state index in [9.17, 15) is 4.79 Å². The summed E-state index contributed by atoms with van der Waals surface area (Å²) >= 11 is 5.31. The number of fused-ring (bicyclic) bond motifs is 1. The molecular weight excluding hydrogens is 284 g/mol. The highest BCUT2D eigenvalue weighted by atomic mass is 32.1. The average Bonchev–Trinajstić information content (AvgIpc) is 2.84. The topological polar surface area (TPSA) is 64.8 Å². The zero-order chi connectivity index (χ0) is 14.8. The van der Waals surface area contributed by atoms with Crippen LogP contribution in [0, 0.1) is 16.1 Å². The number of hydrogen-bond acceptors (Lipinski definition) is 3. The van der Waals surface area contributed by atoms with E-state index in [4.69, 9.17) is 17.5 Å². The van der Waals surface area contributed by atoms with Crippen LogP contribution in [0.3, 0.4) is 0 Å². The molecule has 108 valence electrons. The number of likely N-dealkylation sites (tertiary alicyclic amines) is 1. The molecular formula is C15H16N4OS. The van der Waals surface area contributed by atoms with Crippen molar-refractivity contribution in [3.8, 4) is 6.07 Å². The van der Waals surface area contributed by atoms with Gasteiger partial charge in [-0.15, -0.1) is 0 Å². The number of piperidine rings is 1. The summed E-state index contributed by atoms with van der Waals surface area (Å²) in [6.07, 6.45) is 3.34. The van der Waals surface area contributed by atoms with Crippen LogP contribution in [-0.4, -0.2) is 33.4 Å². The molecule has 3 rings (SSSR count). The quantitative estimate of drug-likeness (QED) is 0.867. The van der Waals surface area contributed by atoms with Gasteiger partial charge in [-0.2, -0.15) is 5.26 Å². The lowest BCUT2D eigenvalue weighted by Crippen LogP contribution is -2.37. The number of para-hydroxylation sites is 1. The second-order valence-electron chi connectivity index (χ2n) is 5.27. The highest BCUT2D eigenvalue weighted by molar-refractivity contribution is 7.71. The van der Waals surface area contributed by atoms with E-state index in [0.29, 0.717) is 15.9 Å². The van der Waals surface area contributed by atoms with Crippen molar-refractivity contribution in [3.63, 3.8) is 0 Å². The number of imidazole rings is 1. The van der Waals surface area contributed by atoms with Gasteiger partial charge in [-0.05, 0) is 43.6 Å². The molecule has 1 fully saturated rings. The number of rotatable bonds is 2. The van der Waals surface area contributed by atoms with E-state index in [1.165, 1.54) is 6.42 Å². The summed E-state index contributed by atoms with van der Waals surface area (Å²) in [5.74, 6) is 0.0917. The molecule has 1 saturated heterocycles. The Kier molecular flexibility index (Phi) is 3.76. The molecule has 0 saturated carbocycles. The fourth-order valence-corrected chi connectivity index (χ4v) is 3.07. The molecule has 1 N–H and O–H groups in total. The minimum atomic E-state index is 0.0917. The number of aromatic amines is 1. The van der Waals surface area contributed by atoms with Crippen LogP contribution in [0.1, 0.15) is 24.8 Å². The van der Waals surface area contributed by atoms with Crippen LogP contribution in [0.4, 0.5) is 0 Å². The molecule has 0 aliphatic carbocycles. The van der Waals surface area contributed by atoms with E-state index in [1.807, 2.05) is 17.0 Å². The Balaban J connectivity index is 1.94. The number of H-pyrrole nitrogens is 1. The van der Waals surface area contributed by atoms with Crippen molar-refractivity contribution in [2.75, 3.05) is 13.1 Å². The molecule has 0 unspecified atom stereocenters. The summed E-state index contributed by atoms with van der Waals surface area (Å²) in [4.78, 5) is 17.3. The van der Waals surface area contributed by atoms with Crippen LogP contribution in [0.2, 0.25) is 0 Å². The molecule has 0 bridgehead atoms. The normalized spacial score (nSPS) is 15.1. The summed E-state index contributed by atoms with van der Waals surface area (Å²) in [7, 11) is 0. The zero-order valence-corrected chi connectivity index (χ0v) is 12.4. The largest absolute Gasteiger partial charge is 0.341 e. The van der Waals surface area contributed by atoms with Gasteiger partial charge in [0, 0.05) is 13.1 Å². The van der Waals surface area contributed by atoms with Gasteiger partial charge in [-0.3, -0.25) is 4.79 Å². The van der Waals surface area contributed by atoms with Crippen LogP contribution < -0.4 is 0 Å². The number of carbonyl (C=O) groups is 1. The van der Waals surface area contributed by atoms with E-state index < -0.39 is 0 Å². The second kappa shape index (κ2) is 5.70. The van der Waals surface area contributed by atoms with Crippen molar-refractivity contribution in [2.45, 2.75) is 25.8 Å². The Morgan fingerprint density at radius 1 is 1.33 bits per heavy atom. The van der Waals surface area contributed by atoms with Crippen molar-refractivity contribution in [2.24, 2.45) is 0 Å². The molecule has 0 radical (unpaired) electrons. The number of nitrogens with zero attached hydrogens (tertiary/aromatic N) is 3. The Hall–Kier alpha value is -2.13. The van der Waals surface area contributed by atoms with Gasteiger partial charge in [0.25, 0.3) is 0 Å². The van der Waals surface area contributed by atoms with E-state index in [0.717, 1.165) is 31.4 Å². The van der Waals surface area contributed by atoms with Crippen molar-refractivity contribution >= 4 is 29.2 Å². The summed E-state index contributed by atoms with van der Waals surface area (Å²) in [5, 5.41) is 9.13. The first kappa shape index (κ1) is 13.8. The summed E-state index contributed by atoms with van der Waals surface area (Å²) < 4.78 is 2.26. The van der Waals surface area contributed by atoms with Gasteiger partial charge in [-0.1, -0.05) is 6.07 Å². The van der Waals surface area contributed by atoms with E-state index in [2.05, 4.69) is 11.1 Å². The third-order valence-corrected chi connectivity index (χ3v) is 4.26. The first-order valence-corrected chi connectivity index (χ1v) is 7.51. The molecule has 1 aromatic carbocycles. The number of benzene rings is 1. The highest BCUT2D eigenvalue weighted by Gasteiger charge is 2.18. The predicted octanol–water partition coefficient (Wildman–Crippen LogP) is 2.58. The lowest BCUT2D eigenvalue weighted by molar-refractivity contribution is -0.132. The van der Waals surface area contributed by atoms with Crippen LogP contribution in [-0.2, 0) is 11.3 Å². The summed E-state index contributed by atoms with van der Waals surface area (Å²) in [5.41, 5.74) is 2.06. The van der Waals surface area contributed by atoms with Crippen LogP contribution in [0.15, 0.2) is 18.2 Å². The Bertz CT molecular complexity index is 777. The zero-order valence-electron chi connectivity index (χ0n) is 11.6. The Labute approximate surface area is 127 Å². The van der Waals surface area contributed by atoms with Crippen molar-refractivity contribution in [1.82, 2.24) is 14.5 Å². The number of hydrogen-bond donors (Lipinski definition) is 1. The number of amides is 1. The number of carbonyl (C=O) groups excluding carboxylic acids is 1. The molecule has 5 nitrogen and oxygen atoms in total. The minimum absolute atomic E-state index is 0.0917. The van der Waals surface area contributed by atoms with E-state index in [1.54, 1.807) is 10.6 Å². The molecule has 1 aliphatic rings. The number of nitrogens with one attached hydrogen (secondary N) is 1. The first-order valence-electron chi connectivity index (χ1n) is 7.10. The summed E-state index contributed by atoms with van der Waals surface area (Å²) in [6, 6.07) is 7.57. The van der Waals surface area contributed by atoms with E-state index >= 15 is 0 Å². The number of aromatic nitrogens is 2. The van der Waals surface area contributed by atoms with Crippen LogP contribution >= 0.6 is 12.2 Å². The van der Waals surface area contributed by atoms with E-state index in [-0.39, 0.29) is 12.5 Å². The van der Waals surface area contributed by atoms with Crippen LogP contribution in [0.25, 0.3) is 11.0 Å². The Morgan fingerprint density at radius 2 is 2.10 bits per heavy atom. The summed E-state index contributed by atoms with van der Waals surface area (Å²) in [6.45, 7) is 1.89. The fourth-order valence-electron chi connectivity index (χ4n) is 2.81.